The van der Waals surface area contributed by atoms with Gasteiger partial charge in [0.1, 0.15) is 5.82 Å². The van der Waals surface area contributed by atoms with Crippen LogP contribution in [0.25, 0.3) is 10.9 Å². The lowest BCUT2D eigenvalue weighted by Crippen LogP contribution is -2.42. The molecule has 1 aliphatic rings. The lowest BCUT2D eigenvalue weighted by Gasteiger charge is -2.33. The molecule has 1 aromatic heterocycles. The van der Waals surface area contributed by atoms with Gasteiger partial charge in [0.15, 0.2) is 0 Å². The number of hydrogen-bond donors (Lipinski definition) is 2. The molecule has 1 aliphatic heterocycles. The highest BCUT2D eigenvalue weighted by atomic mass is 16.1. The SMILES string of the molecule is CNC1CCN(c2nc3ccc(C)cc3cc2C(N)=O)CC1. The number of aromatic nitrogens is 1. The fourth-order valence-corrected chi connectivity index (χ4v) is 3.09. The lowest BCUT2D eigenvalue weighted by atomic mass is 10.0. The minimum Gasteiger partial charge on any atom is -0.365 e. The molecule has 1 amide bonds. The van der Waals surface area contributed by atoms with Crippen molar-refractivity contribution >= 4 is 22.6 Å². The number of primary amides is 1. The first kappa shape index (κ1) is 14.8. The van der Waals surface area contributed by atoms with Gasteiger partial charge in [0, 0.05) is 24.5 Å². The average molecular weight is 298 g/mol. The van der Waals surface area contributed by atoms with E-state index in [9.17, 15) is 4.79 Å². The number of nitrogens with two attached hydrogens (primary N) is 1. The van der Waals surface area contributed by atoms with Crippen molar-refractivity contribution in [2.75, 3.05) is 25.0 Å². The van der Waals surface area contributed by atoms with Crippen LogP contribution in [0.15, 0.2) is 24.3 Å². The zero-order chi connectivity index (χ0) is 15.7. The molecule has 1 saturated heterocycles. The van der Waals surface area contributed by atoms with E-state index < -0.39 is 5.91 Å². The summed E-state index contributed by atoms with van der Waals surface area (Å²) < 4.78 is 0. The van der Waals surface area contributed by atoms with Gasteiger partial charge >= 0.3 is 0 Å². The fourth-order valence-electron chi connectivity index (χ4n) is 3.09. The zero-order valence-electron chi connectivity index (χ0n) is 13.1. The van der Waals surface area contributed by atoms with Gasteiger partial charge in [0.25, 0.3) is 5.91 Å². The Morgan fingerprint density at radius 3 is 2.68 bits per heavy atom. The number of nitrogens with one attached hydrogen (secondary N) is 1. The quantitative estimate of drug-likeness (QED) is 0.907. The third kappa shape index (κ3) is 2.76. The molecule has 116 valence electrons. The lowest BCUT2D eigenvalue weighted by molar-refractivity contribution is 0.100. The van der Waals surface area contributed by atoms with Crippen LogP contribution in [0.3, 0.4) is 0 Å². The molecule has 1 aromatic carbocycles. The number of aryl methyl sites for hydroxylation is 1. The predicted molar refractivity (Wildman–Crippen MR) is 89.3 cm³/mol. The Balaban J connectivity index is 2.02. The molecule has 5 nitrogen and oxygen atoms in total. The van der Waals surface area contributed by atoms with E-state index in [2.05, 4.69) is 10.2 Å². The van der Waals surface area contributed by atoms with Gasteiger partial charge in [-0.05, 0) is 45.0 Å². The minimum atomic E-state index is -0.415. The number of amides is 1. The Morgan fingerprint density at radius 2 is 2.05 bits per heavy atom. The topological polar surface area (TPSA) is 71.2 Å². The number of carbonyl (C=O) groups is 1. The second-order valence-electron chi connectivity index (χ2n) is 5.97. The van der Waals surface area contributed by atoms with E-state index in [0.717, 1.165) is 48.2 Å². The summed E-state index contributed by atoms with van der Waals surface area (Å²) in [4.78, 5) is 18.7. The molecule has 1 fully saturated rings. The summed E-state index contributed by atoms with van der Waals surface area (Å²) in [5.74, 6) is 0.306. The maximum Gasteiger partial charge on any atom is 0.252 e. The Labute approximate surface area is 130 Å². The van der Waals surface area contributed by atoms with E-state index in [1.54, 1.807) is 0 Å². The second kappa shape index (κ2) is 5.93. The summed E-state index contributed by atoms with van der Waals surface area (Å²) in [6, 6.07) is 8.48. The van der Waals surface area contributed by atoms with E-state index in [1.165, 1.54) is 0 Å². The molecule has 2 heterocycles. The Kier molecular flexibility index (Phi) is 3.98. The third-order valence-electron chi connectivity index (χ3n) is 4.42. The van der Waals surface area contributed by atoms with Gasteiger partial charge in [0.05, 0.1) is 11.1 Å². The summed E-state index contributed by atoms with van der Waals surface area (Å²) in [5.41, 5.74) is 8.15. The zero-order valence-corrected chi connectivity index (χ0v) is 13.1. The number of hydrogen-bond acceptors (Lipinski definition) is 4. The molecule has 3 N–H and O–H groups in total. The van der Waals surface area contributed by atoms with Crippen molar-refractivity contribution in [2.45, 2.75) is 25.8 Å². The highest BCUT2D eigenvalue weighted by Crippen LogP contribution is 2.26. The molecule has 3 rings (SSSR count). The van der Waals surface area contributed by atoms with Crippen molar-refractivity contribution in [3.05, 3.63) is 35.4 Å². The molecule has 0 bridgehead atoms. The van der Waals surface area contributed by atoms with Gasteiger partial charge in [-0.3, -0.25) is 4.79 Å². The molecule has 0 radical (unpaired) electrons. The molecule has 2 aromatic rings. The van der Waals surface area contributed by atoms with E-state index >= 15 is 0 Å². The van der Waals surface area contributed by atoms with Crippen LogP contribution in [0.5, 0.6) is 0 Å². The standard InChI is InChI=1S/C17H22N4O/c1-11-3-4-15-12(9-11)10-14(16(18)22)17(20-15)21-7-5-13(19-2)6-8-21/h3-4,9-10,13,19H,5-8H2,1-2H3,(H2,18,22). The monoisotopic (exact) mass is 298 g/mol. The van der Waals surface area contributed by atoms with Crippen molar-refractivity contribution in [2.24, 2.45) is 5.73 Å². The first-order valence-corrected chi connectivity index (χ1v) is 7.72. The van der Waals surface area contributed by atoms with E-state index in [4.69, 9.17) is 10.7 Å². The summed E-state index contributed by atoms with van der Waals surface area (Å²) in [6.45, 7) is 3.80. The summed E-state index contributed by atoms with van der Waals surface area (Å²) >= 11 is 0. The summed E-state index contributed by atoms with van der Waals surface area (Å²) in [6.07, 6.45) is 2.09. The Morgan fingerprint density at radius 1 is 1.32 bits per heavy atom. The minimum absolute atomic E-state index is 0.415. The number of anilines is 1. The fraction of sp³-hybridized carbons (Fsp3) is 0.412. The van der Waals surface area contributed by atoms with E-state index in [1.807, 2.05) is 38.2 Å². The van der Waals surface area contributed by atoms with Crippen LogP contribution in [0.2, 0.25) is 0 Å². The number of carbonyl (C=O) groups excluding carboxylic acids is 1. The van der Waals surface area contributed by atoms with Crippen LogP contribution in [0.1, 0.15) is 28.8 Å². The van der Waals surface area contributed by atoms with Crippen LogP contribution < -0.4 is 16.0 Å². The number of piperidine rings is 1. The molecule has 0 aliphatic carbocycles. The van der Waals surface area contributed by atoms with Gasteiger partial charge in [-0.25, -0.2) is 4.98 Å². The molecular formula is C17H22N4O. The van der Waals surface area contributed by atoms with Gasteiger partial charge < -0.3 is 16.0 Å². The highest BCUT2D eigenvalue weighted by Gasteiger charge is 2.23. The number of benzene rings is 1. The van der Waals surface area contributed by atoms with Crippen molar-refractivity contribution in [1.82, 2.24) is 10.3 Å². The van der Waals surface area contributed by atoms with Gasteiger partial charge in [-0.1, -0.05) is 11.6 Å². The predicted octanol–water partition coefficient (Wildman–Crippen LogP) is 1.83. The smallest absolute Gasteiger partial charge is 0.252 e. The number of nitrogens with zero attached hydrogens (tertiary/aromatic N) is 2. The number of pyridine rings is 1. The van der Waals surface area contributed by atoms with Gasteiger partial charge in [-0.2, -0.15) is 0 Å². The summed E-state index contributed by atoms with van der Waals surface area (Å²) in [5, 5.41) is 4.27. The first-order valence-electron chi connectivity index (χ1n) is 7.72. The Bertz CT molecular complexity index is 705. The van der Waals surface area contributed by atoms with Crippen LogP contribution in [-0.4, -0.2) is 37.1 Å². The van der Waals surface area contributed by atoms with Crippen LogP contribution in [-0.2, 0) is 0 Å². The maximum absolute atomic E-state index is 11.9. The van der Waals surface area contributed by atoms with Crippen molar-refractivity contribution in [3.63, 3.8) is 0 Å². The largest absolute Gasteiger partial charge is 0.365 e. The second-order valence-corrected chi connectivity index (χ2v) is 5.97. The number of rotatable bonds is 3. The van der Waals surface area contributed by atoms with Crippen molar-refractivity contribution in [3.8, 4) is 0 Å². The van der Waals surface area contributed by atoms with Crippen molar-refractivity contribution < 1.29 is 4.79 Å². The van der Waals surface area contributed by atoms with E-state index in [-0.39, 0.29) is 0 Å². The molecule has 0 spiro atoms. The molecular weight excluding hydrogens is 276 g/mol. The molecule has 0 atom stereocenters. The normalized spacial score (nSPS) is 16.2. The molecule has 0 unspecified atom stereocenters. The average Bonchev–Trinajstić information content (AvgIpc) is 2.53. The maximum atomic E-state index is 11.9. The van der Waals surface area contributed by atoms with Crippen LogP contribution in [0.4, 0.5) is 5.82 Å². The highest BCUT2D eigenvalue weighted by molar-refractivity contribution is 6.01. The van der Waals surface area contributed by atoms with Gasteiger partial charge in [0.2, 0.25) is 0 Å². The van der Waals surface area contributed by atoms with Gasteiger partial charge in [-0.15, -0.1) is 0 Å². The number of fused-ring (bicyclic) bond motifs is 1. The summed E-state index contributed by atoms with van der Waals surface area (Å²) in [7, 11) is 1.99. The molecule has 22 heavy (non-hydrogen) atoms. The van der Waals surface area contributed by atoms with Crippen LogP contribution in [0, 0.1) is 6.92 Å². The molecule has 5 heteroatoms. The first-order chi connectivity index (χ1) is 10.6. The van der Waals surface area contributed by atoms with Crippen molar-refractivity contribution in [1.29, 1.82) is 0 Å². The van der Waals surface area contributed by atoms with Crippen LogP contribution >= 0.6 is 0 Å². The molecule has 0 saturated carbocycles. The third-order valence-corrected chi connectivity index (χ3v) is 4.42. The van der Waals surface area contributed by atoms with E-state index in [0.29, 0.717) is 11.6 Å². The Hall–Kier alpha value is -2.14.